The predicted octanol–water partition coefficient (Wildman–Crippen LogP) is 3.15. The maximum atomic E-state index is 6.21. The SMILES string of the molecule is CCC[C@H](N)CN(Cc1ccco1)C1CCCC1. The van der Waals surface area contributed by atoms with Crippen molar-refractivity contribution in [3.05, 3.63) is 24.2 Å². The third-order valence-electron chi connectivity index (χ3n) is 3.91. The molecule has 1 fully saturated rings. The summed E-state index contributed by atoms with van der Waals surface area (Å²) in [6.07, 6.45) is 9.40. The molecule has 0 bridgehead atoms. The number of hydrogen-bond donors (Lipinski definition) is 1. The maximum absolute atomic E-state index is 6.21. The Morgan fingerprint density at radius 3 is 2.83 bits per heavy atom. The number of furan rings is 1. The first-order chi connectivity index (χ1) is 8.79. The average molecular weight is 250 g/mol. The van der Waals surface area contributed by atoms with E-state index in [0.29, 0.717) is 12.1 Å². The summed E-state index contributed by atoms with van der Waals surface area (Å²) in [5.41, 5.74) is 6.21. The van der Waals surface area contributed by atoms with Gasteiger partial charge in [-0.25, -0.2) is 0 Å². The lowest BCUT2D eigenvalue weighted by Crippen LogP contribution is -2.42. The van der Waals surface area contributed by atoms with Gasteiger partial charge in [-0.3, -0.25) is 4.90 Å². The Kier molecular flexibility index (Phi) is 5.26. The zero-order valence-corrected chi connectivity index (χ0v) is 11.5. The summed E-state index contributed by atoms with van der Waals surface area (Å²) < 4.78 is 5.48. The van der Waals surface area contributed by atoms with Gasteiger partial charge >= 0.3 is 0 Å². The van der Waals surface area contributed by atoms with Crippen molar-refractivity contribution in [3.63, 3.8) is 0 Å². The van der Waals surface area contributed by atoms with Crippen molar-refractivity contribution in [2.24, 2.45) is 5.73 Å². The first kappa shape index (κ1) is 13.6. The molecule has 0 unspecified atom stereocenters. The van der Waals surface area contributed by atoms with E-state index in [9.17, 15) is 0 Å². The molecule has 1 aliphatic carbocycles. The van der Waals surface area contributed by atoms with Crippen molar-refractivity contribution in [2.45, 2.75) is 64.1 Å². The minimum absolute atomic E-state index is 0.297. The number of nitrogens with two attached hydrogens (primary N) is 1. The summed E-state index contributed by atoms with van der Waals surface area (Å²) in [4.78, 5) is 2.53. The van der Waals surface area contributed by atoms with Crippen molar-refractivity contribution >= 4 is 0 Å². The molecule has 0 radical (unpaired) electrons. The molecule has 1 aromatic rings. The summed E-state index contributed by atoms with van der Waals surface area (Å²) >= 11 is 0. The highest BCUT2D eigenvalue weighted by molar-refractivity contribution is 4.99. The summed E-state index contributed by atoms with van der Waals surface area (Å²) in [6, 6.07) is 5.03. The Morgan fingerprint density at radius 2 is 2.22 bits per heavy atom. The minimum Gasteiger partial charge on any atom is -0.468 e. The Labute approximate surface area is 110 Å². The minimum atomic E-state index is 0.297. The Hall–Kier alpha value is -0.800. The highest BCUT2D eigenvalue weighted by Gasteiger charge is 2.24. The van der Waals surface area contributed by atoms with E-state index in [0.717, 1.165) is 25.3 Å². The van der Waals surface area contributed by atoms with Gasteiger partial charge in [-0.15, -0.1) is 0 Å². The van der Waals surface area contributed by atoms with Crippen molar-refractivity contribution < 1.29 is 4.42 Å². The van der Waals surface area contributed by atoms with Crippen LogP contribution < -0.4 is 5.73 Å². The largest absolute Gasteiger partial charge is 0.468 e. The van der Waals surface area contributed by atoms with E-state index in [-0.39, 0.29) is 0 Å². The third kappa shape index (κ3) is 3.85. The molecule has 3 heteroatoms. The van der Waals surface area contributed by atoms with Gasteiger partial charge in [-0.05, 0) is 31.4 Å². The van der Waals surface area contributed by atoms with Crippen LogP contribution >= 0.6 is 0 Å². The van der Waals surface area contributed by atoms with E-state index in [1.807, 2.05) is 6.07 Å². The van der Waals surface area contributed by atoms with Crippen molar-refractivity contribution in [2.75, 3.05) is 6.54 Å². The standard InChI is InChI=1S/C15H26N2O/c1-2-6-13(16)11-17(14-7-3-4-8-14)12-15-9-5-10-18-15/h5,9-10,13-14H,2-4,6-8,11-12,16H2,1H3/t13-/m0/s1. The van der Waals surface area contributed by atoms with Gasteiger partial charge in [0.1, 0.15) is 5.76 Å². The molecular formula is C15H26N2O. The van der Waals surface area contributed by atoms with Crippen molar-refractivity contribution in [1.29, 1.82) is 0 Å². The fraction of sp³-hybridized carbons (Fsp3) is 0.733. The van der Waals surface area contributed by atoms with Gasteiger partial charge in [0.2, 0.25) is 0 Å². The van der Waals surface area contributed by atoms with Crippen LogP contribution in [0.4, 0.5) is 0 Å². The van der Waals surface area contributed by atoms with Gasteiger partial charge < -0.3 is 10.2 Å². The van der Waals surface area contributed by atoms with Crippen LogP contribution in [-0.2, 0) is 6.54 Å². The Bertz CT molecular complexity index is 317. The van der Waals surface area contributed by atoms with E-state index in [1.54, 1.807) is 6.26 Å². The molecule has 2 N–H and O–H groups in total. The monoisotopic (exact) mass is 250 g/mol. The average Bonchev–Trinajstić information content (AvgIpc) is 3.01. The molecular weight excluding hydrogens is 224 g/mol. The van der Waals surface area contributed by atoms with Crippen molar-refractivity contribution in [3.8, 4) is 0 Å². The van der Waals surface area contributed by atoms with Crippen LogP contribution in [0.5, 0.6) is 0 Å². The summed E-state index contributed by atoms with van der Waals surface area (Å²) in [5, 5.41) is 0. The number of nitrogens with zero attached hydrogens (tertiary/aromatic N) is 1. The lowest BCUT2D eigenvalue weighted by Gasteiger charge is -2.30. The van der Waals surface area contributed by atoms with Gasteiger partial charge in [0.15, 0.2) is 0 Å². The van der Waals surface area contributed by atoms with Gasteiger partial charge in [0.25, 0.3) is 0 Å². The molecule has 1 aromatic heterocycles. The molecule has 0 aromatic carbocycles. The van der Waals surface area contributed by atoms with E-state index in [4.69, 9.17) is 10.2 Å². The highest BCUT2D eigenvalue weighted by Crippen LogP contribution is 2.25. The first-order valence-electron chi connectivity index (χ1n) is 7.31. The van der Waals surface area contributed by atoms with E-state index in [2.05, 4.69) is 17.9 Å². The molecule has 0 aliphatic heterocycles. The lowest BCUT2D eigenvalue weighted by atomic mass is 10.1. The summed E-state index contributed by atoms with van der Waals surface area (Å²) in [7, 11) is 0. The van der Waals surface area contributed by atoms with Gasteiger partial charge in [0, 0.05) is 18.6 Å². The molecule has 2 rings (SSSR count). The zero-order chi connectivity index (χ0) is 12.8. The molecule has 18 heavy (non-hydrogen) atoms. The van der Waals surface area contributed by atoms with Crippen LogP contribution in [0.25, 0.3) is 0 Å². The van der Waals surface area contributed by atoms with Gasteiger partial charge in [0.05, 0.1) is 12.8 Å². The van der Waals surface area contributed by atoms with Gasteiger partial charge in [-0.1, -0.05) is 26.2 Å². The second-order valence-electron chi connectivity index (χ2n) is 5.50. The highest BCUT2D eigenvalue weighted by atomic mass is 16.3. The Morgan fingerprint density at radius 1 is 1.44 bits per heavy atom. The Balaban J connectivity index is 1.93. The molecule has 0 saturated heterocycles. The second-order valence-corrected chi connectivity index (χ2v) is 5.50. The molecule has 1 saturated carbocycles. The van der Waals surface area contributed by atoms with Crippen LogP contribution in [0.1, 0.15) is 51.2 Å². The molecule has 0 spiro atoms. The van der Waals surface area contributed by atoms with Crippen LogP contribution in [0, 0.1) is 0 Å². The molecule has 102 valence electrons. The van der Waals surface area contributed by atoms with E-state index in [1.165, 1.54) is 32.1 Å². The number of hydrogen-bond acceptors (Lipinski definition) is 3. The summed E-state index contributed by atoms with van der Waals surface area (Å²) in [6.45, 7) is 4.11. The fourth-order valence-corrected chi connectivity index (χ4v) is 2.98. The maximum Gasteiger partial charge on any atom is 0.117 e. The topological polar surface area (TPSA) is 42.4 Å². The lowest BCUT2D eigenvalue weighted by molar-refractivity contribution is 0.163. The van der Waals surface area contributed by atoms with Crippen LogP contribution in [-0.4, -0.2) is 23.5 Å². The second kappa shape index (κ2) is 6.95. The fourth-order valence-electron chi connectivity index (χ4n) is 2.98. The van der Waals surface area contributed by atoms with Crippen LogP contribution in [0.3, 0.4) is 0 Å². The van der Waals surface area contributed by atoms with Crippen LogP contribution in [0.15, 0.2) is 22.8 Å². The third-order valence-corrected chi connectivity index (χ3v) is 3.91. The quantitative estimate of drug-likeness (QED) is 0.808. The van der Waals surface area contributed by atoms with Gasteiger partial charge in [-0.2, -0.15) is 0 Å². The normalized spacial score (nSPS) is 18.6. The smallest absolute Gasteiger partial charge is 0.117 e. The zero-order valence-electron chi connectivity index (χ0n) is 11.5. The summed E-state index contributed by atoms with van der Waals surface area (Å²) in [5.74, 6) is 1.06. The molecule has 1 heterocycles. The molecule has 3 nitrogen and oxygen atoms in total. The molecule has 0 amide bonds. The first-order valence-corrected chi connectivity index (χ1v) is 7.31. The number of rotatable bonds is 7. The van der Waals surface area contributed by atoms with E-state index < -0.39 is 0 Å². The van der Waals surface area contributed by atoms with E-state index >= 15 is 0 Å². The predicted molar refractivity (Wildman–Crippen MR) is 74.3 cm³/mol. The van der Waals surface area contributed by atoms with Crippen LogP contribution in [0.2, 0.25) is 0 Å². The van der Waals surface area contributed by atoms with Crippen molar-refractivity contribution in [1.82, 2.24) is 4.90 Å². The molecule has 1 aliphatic rings. The molecule has 1 atom stereocenters.